The van der Waals surface area contributed by atoms with Gasteiger partial charge in [0.05, 0.1) is 42.0 Å². The Hall–Kier alpha value is -1.11. The largest absolute Gasteiger partial charge is 0.462 e. The highest BCUT2D eigenvalue weighted by Crippen LogP contribution is 2.48. The van der Waals surface area contributed by atoms with Crippen molar-refractivity contribution in [3.63, 3.8) is 0 Å². The second-order valence-electron chi connectivity index (χ2n) is 16.8. The number of rotatable bonds is 7. The van der Waals surface area contributed by atoms with Crippen LogP contribution in [0.15, 0.2) is 12.7 Å². The van der Waals surface area contributed by atoms with Gasteiger partial charge in [0.1, 0.15) is 18.3 Å². The highest BCUT2D eigenvalue weighted by molar-refractivity contribution is 5.72. The predicted octanol–water partition coefficient (Wildman–Crippen LogP) is 5.11. The molecule has 0 aromatic heterocycles. The van der Waals surface area contributed by atoms with Gasteiger partial charge in [-0.2, -0.15) is 0 Å². The number of cyclic esters (lactones) is 1. The van der Waals surface area contributed by atoms with Crippen LogP contribution in [-0.2, 0) is 28.5 Å². The third-order valence-corrected chi connectivity index (χ3v) is 13.0. The molecule has 0 aliphatic carbocycles. The van der Waals surface area contributed by atoms with Crippen molar-refractivity contribution in [2.24, 2.45) is 46.8 Å². The van der Waals surface area contributed by atoms with Crippen molar-refractivity contribution >= 4 is 5.97 Å². The number of likely N-dealkylation sites (N-methyl/N-ethyl adjacent to an activating group) is 1. The molecule has 3 aliphatic rings. The average Bonchev–Trinajstić information content (AvgIpc) is 3.06. The van der Waals surface area contributed by atoms with E-state index in [0.29, 0.717) is 25.7 Å². The number of esters is 1. The van der Waals surface area contributed by atoms with E-state index in [1.54, 1.807) is 7.11 Å². The quantitative estimate of drug-likeness (QED) is 0.210. The van der Waals surface area contributed by atoms with Gasteiger partial charge in [0.2, 0.25) is 0 Å². The molecule has 3 saturated heterocycles. The van der Waals surface area contributed by atoms with Crippen molar-refractivity contribution in [2.75, 3.05) is 14.2 Å². The first kappa shape index (κ1) is 42.3. The molecule has 286 valence electrons. The van der Waals surface area contributed by atoms with Crippen molar-refractivity contribution in [3.8, 4) is 0 Å². The van der Waals surface area contributed by atoms with Gasteiger partial charge in [0, 0.05) is 31.4 Å². The summed E-state index contributed by atoms with van der Waals surface area (Å²) in [6.45, 7) is 26.4. The van der Waals surface area contributed by atoms with E-state index in [9.17, 15) is 20.1 Å². The third kappa shape index (κ3) is 9.10. The number of aliphatic hydroxyl groups excluding tert-OH is 3. The van der Waals surface area contributed by atoms with Gasteiger partial charge in [-0.1, -0.05) is 61.5 Å². The fraction of sp³-hybridized carbons (Fsp3) is 0.923. The molecule has 0 spiro atoms. The summed E-state index contributed by atoms with van der Waals surface area (Å²) in [7, 11) is 3.43. The summed E-state index contributed by atoms with van der Waals surface area (Å²) >= 11 is 0. The normalized spacial score (nSPS) is 49.1. The van der Waals surface area contributed by atoms with Crippen LogP contribution in [0.1, 0.15) is 102 Å². The van der Waals surface area contributed by atoms with Gasteiger partial charge >= 0.3 is 5.97 Å². The van der Waals surface area contributed by atoms with Gasteiger partial charge < -0.3 is 44.3 Å². The predicted molar refractivity (Wildman–Crippen MR) is 191 cm³/mol. The molecule has 0 saturated carbocycles. The Kier molecular flexibility index (Phi) is 14.8. The molecule has 0 amide bonds. The SMILES string of the molecule is C=C[C@@H]1CC(C)(C)[C@H](O[C@@H]2O[C@H](C)C[C@H](NC)[C@H]2O)[C@@H](C)C(C2C[C@@](C)(OC)[C@@H](O)[C@H](C)O2)[C@@H](C)C(=O)O[C@H](CC)[C@H](C)[C@H](O)[C@@H](C)[C@H]1C. The molecule has 3 heterocycles. The minimum Gasteiger partial charge on any atom is -0.462 e. The first-order valence-corrected chi connectivity index (χ1v) is 18.8. The van der Waals surface area contributed by atoms with Crippen molar-refractivity contribution in [3.05, 3.63) is 12.7 Å². The fourth-order valence-electron chi connectivity index (χ4n) is 9.36. The Bertz CT molecular complexity index is 1070. The Morgan fingerprint density at radius 3 is 2.12 bits per heavy atom. The number of ether oxygens (including phenoxy) is 5. The molecule has 10 nitrogen and oxygen atoms in total. The molecule has 0 aromatic carbocycles. The summed E-state index contributed by atoms with van der Waals surface area (Å²) in [5.41, 5.74) is -1.43. The molecule has 10 heteroatoms. The summed E-state index contributed by atoms with van der Waals surface area (Å²) < 4.78 is 32.1. The van der Waals surface area contributed by atoms with E-state index < -0.39 is 71.9 Å². The molecule has 0 radical (unpaired) electrons. The second-order valence-corrected chi connectivity index (χ2v) is 16.8. The zero-order valence-electron chi connectivity index (χ0n) is 32.7. The molecule has 3 aliphatic heterocycles. The molecule has 3 rings (SSSR count). The molecular formula is C39H71NO9. The number of carbonyl (C=O) groups excluding carboxylic acids is 1. The summed E-state index contributed by atoms with van der Waals surface area (Å²) in [5.74, 6) is -2.02. The van der Waals surface area contributed by atoms with Crippen LogP contribution in [0.2, 0.25) is 0 Å². The number of nitrogens with one attached hydrogen (secondary N) is 1. The lowest BCUT2D eigenvalue weighted by Gasteiger charge is -2.52. The Balaban J connectivity index is 2.23. The molecule has 2 unspecified atom stereocenters. The number of hydrogen-bond acceptors (Lipinski definition) is 10. The lowest BCUT2D eigenvalue weighted by Crippen LogP contribution is -2.60. The van der Waals surface area contributed by atoms with Crippen LogP contribution in [0.3, 0.4) is 0 Å². The van der Waals surface area contributed by atoms with Gasteiger partial charge in [-0.05, 0) is 76.2 Å². The number of hydrogen-bond donors (Lipinski definition) is 4. The smallest absolute Gasteiger partial charge is 0.309 e. The van der Waals surface area contributed by atoms with E-state index in [1.165, 1.54) is 0 Å². The maximum Gasteiger partial charge on any atom is 0.309 e. The van der Waals surface area contributed by atoms with E-state index in [2.05, 4.69) is 46.5 Å². The minimum absolute atomic E-state index is 0.0330. The van der Waals surface area contributed by atoms with E-state index in [4.69, 9.17) is 23.7 Å². The van der Waals surface area contributed by atoms with Crippen molar-refractivity contribution in [1.29, 1.82) is 0 Å². The Morgan fingerprint density at radius 1 is 0.939 bits per heavy atom. The highest BCUT2D eigenvalue weighted by atomic mass is 16.7. The topological polar surface area (TPSA) is 136 Å². The first-order chi connectivity index (χ1) is 22.8. The molecule has 4 N–H and O–H groups in total. The van der Waals surface area contributed by atoms with E-state index in [0.717, 1.165) is 0 Å². The number of aliphatic hydroxyl groups is 3. The van der Waals surface area contributed by atoms with Crippen LogP contribution in [-0.4, -0.2) is 102 Å². The van der Waals surface area contributed by atoms with E-state index in [-0.39, 0.29) is 47.7 Å². The van der Waals surface area contributed by atoms with Crippen LogP contribution in [0, 0.1) is 46.8 Å². The number of methoxy groups -OCH3 is 1. The Labute approximate surface area is 297 Å². The molecule has 0 aromatic rings. The molecule has 0 bridgehead atoms. The summed E-state index contributed by atoms with van der Waals surface area (Å²) in [6.07, 6.45) is -1.32. The standard InChI is InChI=1S/C39H71NO9/c1-15-27-18-38(10,11)35(49-37-33(42)28(40-13)17-20(3)46-37)24(7)31(30-19-39(12,45-14)34(43)26(9)47-30)25(8)36(44)48-29(16-2)23(6)32(41)22(5)21(27)4/h15,20-35,37,40-43H,1,16-19H2,2-14H3/t20-,21-,22+,23+,24+,25-,26+,27-,28+,29-,30?,31?,32-,33-,34+,35-,37+,39-/m1/s1. The summed E-state index contributed by atoms with van der Waals surface area (Å²) in [6, 6.07) is -0.210. The van der Waals surface area contributed by atoms with Crippen LogP contribution < -0.4 is 5.32 Å². The zero-order valence-corrected chi connectivity index (χ0v) is 32.7. The molecular weight excluding hydrogens is 626 g/mol. The minimum atomic E-state index is -0.910. The van der Waals surface area contributed by atoms with Crippen molar-refractivity contribution < 1.29 is 43.8 Å². The second kappa shape index (κ2) is 17.1. The van der Waals surface area contributed by atoms with E-state index in [1.807, 2.05) is 54.7 Å². The van der Waals surface area contributed by atoms with Crippen LogP contribution in [0.25, 0.3) is 0 Å². The van der Waals surface area contributed by atoms with Crippen LogP contribution in [0.4, 0.5) is 0 Å². The lowest BCUT2D eigenvalue weighted by molar-refractivity contribution is -0.289. The lowest BCUT2D eigenvalue weighted by atomic mass is 9.63. The zero-order chi connectivity index (χ0) is 37.2. The molecule has 49 heavy (non-hydrogen) atoms. The maximum atomic E-state index is 14.3. The first-order valence-electron chi connectivity index (χ1n) is 18.8. The van der Waals surface area contributed by atoms with Crippen LogP contribution in [0.5, 0.6) is 0 Å². The fourth-order valence-corrected chi connectivity index (χ4v) is 9.36. The Morgan fingerprint density at radius 2 is 1.57 bits per heavy atom. The molecule has 18 atom stereocenters. The van der Waals surface area contributed by atoms with Gasteiger partial charge in [-0.25, -0.2) is 0 Å². The maximum absolute atomic E-state index is 14.3. The van der Waals surface area contributed by atoms with Gasteiger partial charge in [0.25, 0.3) is 0 Å². The van der Waals surface area contributed by atoms with E-state index >= 15 is 0 Å². The van der Waals surface area contributed by atoms with Gasteiger partial charge in [-0.3, -0.25) is 4.79 Å². The van der Waals surface area contributed by atoms with Gasteiger partial charge in [0.15, 0.2) is 6.29 Å². The monoisotopic (exact) mass is 698 g/mol. The molecule has 3 fully saturated rings. The van der Waals surface area contributed by atoms with Crippen molar-refractivity contribution in [2.45, 2.75) is 169 Å². The van der Waals surface area contributed by atoms with Crippen LogP contribution >= 0.6 is 0 Å². The number of carbonyl (C=O) groups is 1. The average molecular weight is 698 g/mol. The number of allylic oxidation sites excluding steroid dienone is 1. The van der Waals surface area contributed by atoms with Gasteiger partial charge in [-0.15, -0.1) is 6.58 Å². The summed E-state index contributed by atoms with van der Waals surface area (Å²) in [5, 5.41) is 37.5. The highest BCUT2D eigenvalue weighted by Gasteiger charge is 2.54. The third-order valence-electron chi connectivity index (χ3n) is 13.0. The summed E-state index contributed by atoms with van der Waals surface area (Å²) in [4.78, 5) is 14.3. The van der Waals surface area contributed by atoms with Crippen molar-refractivity contribution in [1.82, 2.24) is 5.32 Å².